The molecule has 0 aliphatic heterocycles. The SMILES string of the molecule is CCC(CO)NC1CCc2sc(Cl)cc21. The summed E-state index contributed by atoms with van der Waals surface area (Å²) in [5.74, 6) is 0. The van der Waals surface area contributed by atoms with Crippen LogP contribution < -0.4 is 5.32 Å². The van der Waals surface area contributed by atoms with Crippen LogP contribution in [0.15, 0.2) is 6.07 Å². The number of aliphatic hydroxyl groups excluding tert-OH is 1. The number of aryl methyl sites for hydroxylation is 1. The quantitative estimate of drug-likeness (QED) is 0.855. The van der Waals surface area contributed by atoms with Crippen molar-refractivity contribution < 1.29 is 5.11 Å². The van der Waals surface area contributed by atoms with Gasteiger partial charge in [0.15, 0.2) is 0 Å². The third kappa shape index (κ3) is 2.36. The van der Waals surface area contributed by atoms with Gasteiger partial charge in [-0.05, 0) is 30.9 Å². The molecule has 1 aliphatic carbocycles. The molecule has 0 amide bonds. The fourth-order valence-electron chi connectivity index (χ4n) is 2.09. The predicted molar refractivity (Wildman–Crippen MR) is 64.7 cm³/mol. The summed E-state index contributed by atoms with van der Waals surface area (Å²) in [6.45, 7) is 2.30. The lowest BCUT2D eigenvalue weighted by Gasteiger charge is -2.20. The van der Waals surface area contributed by atoms with Crippen molar-refractivity contribution in [3.63, 3.8) is 0 Å². The van der Waals surface area contributed by atoms with Gasteiger partial charge in [0, 0.05) is 17.0 Å². The van der Waals surface area contributed by atoms with Crippen LogP contribution in [-0.4, -0.2) is 17.8 Å². The third-order valence-corrected chi connectivity index (χ3v) is 4.34. The first kappa shape index (κ1) is 11.4. The van der Waals surface area contributed by atoms with E-state index in [0.29, 0.717) is 6.04 Å². The lowest BCUT2D eigenvalue weighted by atomic mass is 10.1. The third-order valence-electron chi connectivity index (χ3n) is 3.00. The lowest BCUT2D eigenvalue weighted by molar-refractivity contribution is 0.227. The Labute approximate surface area is 99.3 Å². The smallest absolute Gasteiger partial charge is 0.0934 e. The number of fused-ring (bicyclic) bond motifs is 1. The van der Waals surface area contributed by atoms with Crippen molar-refractivity contribution in [2.45, 2.75) is 38.3 Å². The van der Waals surface area contributed by atoms with Gasteiger partial charge in [-0.25, -0.2) is 0 Å². The van der Waals surface area contributed by atoms with E-state index in [1.807, 2.05) is 0 Å². The summed E-state index contributed by atoms with van der Waals surface area (Å²) < 4.78 is 0.878. The van der Waals surface area contributed by atoms with Gasteiger partial charge in [0.2, 0.25) is 0 Å². The molecule has 0 fully saturated rings. The van der Waals surface area contributed by atoms with Crippen molar-refractivity contribution in [3.8, 4) is 0 Å². The summed E-state index contributed by atoms with van der Waals surface area (Å²) in [5, 5.41) is 12.6. The molecular formula is C11H16ClNOS. The van der Waals surface area contributed by atoms with Crippen molar-refractivity contribution >= 4 is 22.9 Å². The maximum atomic E-state index is 9.15. The van der Waals surface area contributed by atoms with Gasteiger partial charge in [0.1, 0.15) is 0 Å². The molecule has 84 valence electrons. The average molecular weight is 246 g/mol. The zero-order valence-corrected chi connectivity index (χ0v) is 10.4. The molecule has 1 aromatic heterocycles. The van der Waals surface area contributed by atoms with Crippen LogP contribution in [0, 0.1) is 0 Å². The highest BCUT2D eigenvalue weighted by Crippen LogP contribution is 2.39. The number of hydrogen-bond donors (Lipinski definition) is 2. The van der Waals surface area contributed by atoms with Crippen LogP contribution in [-0.2, 0) is 6.42 Å². The fourth-order valence-corrected chi connectivity index (χ4v) is 3.44. The Kier molecular flexibility index (Phi) is 3.67. The number of hydrogen-bond acceptors (Lipinski definition) is 3. The lowest BCUT2D eigenvalue weighted by Crippen LogP contribution is -2.34. The summed E-state index contributed by atoms with van der Waals surface area (Å²) >= 11 is 7.68. The minimum absolute atomic E-state index is 0.208. The highest BCUT2D eigenvalue weighted by Gasteiger charge is 2.26. The molecule has 0 radical (unpaired) electrons. The van der Waals surface area contributed by atoms with Crippen LogP contribution in [0.4, 0.5) is 0 Å². The molecule has 4 heteroatoms. The zero-order chi connectivity index (χ0) is 10.8. The summed E-state index contributed by atoms with van der Waals surface area (Å²) in [6.07, 6.45) is 3.21. The van der Waals surface area contributed by atoms with Crippen LogP contribution >= 0.6 is 22.9 Å². The number of aliphatic hydroxyl groups is 1. The van der Waals surface area contributed by atoms with E-state index in [0.717, 1.165) is 23.6 Å². The predicted octanol–water partition coefficient (Wildman–Crippen LogP) is 2.75. The van der Waals surface area contributed by atoms with Crippen molar-refractivity contribution in [3.05, 3.63) is 20.8 Å². The minimum atomic E-state index is 0.208. The standard InChI is InChI=1S/C11H16ClNOS/c1-2-7(6-14)13-9-3-4-10-8(9)5-11(12)15-10/h5,7,9,13-14H,2-4,6H2,1H3. The maximum absolute atomic E-state index is 9.15. The Morgan fingerprint density at radius 3 is 3.20 bits per heavy atom. The summed E-state index contributed by atoms with van der Waals surface area (Å²) in [7, 11) is 0. The van der Waals surface area contributed by atoms with Gasteiger partial charge < -0.3 is 10.4 Å². The first-order chi connectivity index (χ1) is 7.24. The van der Waals surface area contributed by atoms with E-state index in [2.05, 4.69) is 18.3 Å². The molecule has 2 unspecified atom stereocenters. The normalized spacial score (nSPS) is 21.7. The highest BCUT2D eigenvalue weighted by molar-refractivity contribution is 7.16. The number of nitrogens with one attached hydrogen (secondary N) is 1. The molecule has 0 aromatic carbocycles. The van der Waals surface area contributed by atoms with Crippen molar-refractivity contribution in [1.29, 1.82) is 0 Å². The van der Waals surface area contributed by atoms with Crippen LogP contribution in [0.25, 0.3) is 0 Å². The molecule has 0 spiro atoms. The van der Waals surface area contributed by atoms with E-state index in [-0.39, 0.29) is 12.6 Å². The Hall–Kier alpha value is -0.0900. The highest BCUT2D eigenvalue weighted by atomic mass is 35.5. The maximum Gasteiger partial charge on any atom is 0.0934 e. The topological polar surface area (TPSA) is 32.3 Å². The molecule has 0 bridgehead atoms. The van der Waals surface area contributed by atoms with Gasteiger partial charge in [-0.15, -0.1) is 11.3 Å². The van der Waals surface area contributed by atoms with Crippen LogP contribution in [0.5, 0.6) is 0 Å². The number of rotatable bonds is 4. The van der Waals surface area contributed by atoms with E-state index in [4.69, 9.17) is 16.7 Å². The molecule has 0 saturated carbocycles. The second-order valence-electron chi connectivity index (χ2n) is 3.97. The molecule has 2 rings (SSSR count). The molecule has 1 aromatic rings. The van der Waals surface area contributed by atoms with E-state index in [9.17, 15) is 0 Å². The second-order valence-corrected chi connectivity index (χ2v) is 5.74. The first-order valence-electron chi connectivity index (χ1n) is 5.39. The minimum Gasteiger partial charge on any atom is -0.395 e. The summed E-state index contributed by atoms with van der Waals surface area (Å²) in [4.78, 5) is 1.41. The molecule has 2 nitrogen and oxygen atoms in total. The van der Waals surface area contributed by atoms with E-state index in [1.54, 1.807) is 11.3 Å². The Bertz CT molecular complexity index is 335. The molecule has 1 heterocycles. The molecule has 2 N–H and O–H groups in total. The van der Waals surface area contributed by atoms with Crippen LogP contribution in [0.3, 0.4) is 0 Å². The molecule has 2 atom stereocenters. The van der Waals surface area contributed by atoms with E-state index < -0.39 is 0 Å². The van der Waals surface area contributed by atoms with Gasteiger partial charge in [-0.1, -0.05) is 18.5 Å². The average Bonchev–Trinajstić information content (AvgIpc) is 2.74. The molecule has 1 aliphatic rings. The first-order valence-corrected chi connectivity index (χ1v) is 6.59. The van der Waals surface area contributed by atoms with Crippen molar-refractivity contribution in [1.82, 2.24) is 5.32 Å². The summed E-state index contributed by atoms with van der Waals surface area (Å²) in [5.41, 5.74) is 1.34. The van der Waals surface area contributed by atoms with Crippen LogP contribution in [0.2, 0.25) is 4.34 Å². The Morgan fingerprint density at radius 1 is 1.73 bits per heavy atom. The van der Waals surface area contributed by atoms with Crippen molar-refractivity contribution in [2.24, 2.45) is 0 Å². The van der Waals surface area contributed by atoms with Gasteiger partial charge >= 0.3 is 0 Å². The van der Waals surface area contributed by atoms with Gasteiger partial charge in [0.25, 0.3) is 0 Å². The fraction of sp³-hybridized carbons (Fsp3) is 0.636. The second kappa shape index (κ2) is 4.83. The van der Waals surface area contributed by atoms with Gasteiger partial charge in [-0.3, -0.25) is 0 Å². The number of halogens is 1. The zero-order valence-electron chi connectivity index (χ0n) is 8.79. The summed E-state index contributed by atoms with van der Waals surface area (Å²) in [6, 6.07) is 2.66. The van der Waals surface area contributed by atoms with Crippen LogP contribution in [0.1, 0.15) is 36.2 Å². The van der Waals surface area contributed by atoms with E-state index >= 15 is 0 Å². The molecular weight excluding hydrogens is 230 g/mol. The number of thiophene rings is 1. The van der Waals surface area contributed by atoms with Gasteiger partial charge in [-0.2, -0.15) is 0 Å². The molecule has 0 saturated heterocycles. The Morgan fingerprint density at radius 2 is 2.53 bits per heavy atom. The monoisotopic (exact) mass is 245 g/mol. The van der Waals surface area contributed by atoms with Crippen molar-refractivity contribution in [2.75, 3.05) is 6.61 Å². The largest absolute Gasteiger partial charge is 0.395 e. The Balaban J connectivity index is 2.06. The van der Waals surface area contributed by atoms with E-state index in [1.165, 1.54) is 10.4 Å². The van der Waals surface area contributed by atoms with Gasteiger partial charge in [0.05, 0.1) is 10.9 Å². The molecule has 15 heavy (non-hydrogen) atoms.